The van der Waals surface area contributed by atoms with E-state index in [1.807, 2.05) is 34.9 Å². The Labute approximate surface area is 173 Å². The molecule has 146 valence electrons. The summed E-state index contributed by atoms with van der Waals surface area (Å²) >= 11 is 1.29. The number of ether oxygens (including phenoxy) is 1. The lowest BCUT2D eigenvalue weighted by Crippen LogP contribution is -2.14. The van der Waals surface area contributed by atoms with Gasteiger partial charge in [0.25, 0.3) is 0 Å². The maximum atomic E-state index is 12.3. The Morgan fingerprint density at radius 3 is 2.72 bits per heavy atom. The summed E-state index contributed by atoms with van der Waals surface area (Å²) in [5.41, 5.74) is 1.99. The highest BCUT2D eigenvalue weighted by atomic mass is 32.2. The molecule has 1 heterocycles. The Kier molecular flexibility index (Phi) is 6.66. The average molecular weight is 405 g/mol. The molecule has 8 heteroatoms. The second-order valence-corrected chi connectivity index (χ2v) is 6.87. The third-order valence-electron chi connectivity index (χ3n) is 4.01. The van der Waals surface area contributed by atoms with Crippen LogP contribution in [0.5, 0.6) is 5.75 Å². The minimum atomic E-state index is -0.174. The minimum absolute atomic E-state index is 0.168. The predicted octanol–water partition coefficient (Wildman–Crippen LogP) is 3.74. The summed E-state index contributed by atoms with van der Waals surface area (Å²) < 4.78 is 7.32. The summed E-state index contributed by atoms with van der Waals surface area (Å²) in [6.07, 6.45) is 1.75. The molecule has 0 spiro atoms. The first kappa shape index (κ1) is 20.2. The molecule has 0 aliphatic carbocycles. The van der Waals surface area contributed by atoms with Crippen molar-refractivity contribution in [2.45, 2.75) is 11.7 Å². The number of allylic oxidation sites excluding steroid dienone is 1. The molecule has 29 heavy (non-hydrogen) atoms. The number of nitriles is 1. The van der Waals surface area contributed by atoms with Crippen molar-refractivity contribution in [1.29, 1.82) is 5.26 Å². The number of nitrogens with one attached hydrogen (secondary N) is 1. The Bertz CT molecular complexity index is 1050. The van der Waals surface area contributed by atoms with Gasteiger partial charge in [-0.05, 0) is 36.4 Å². The van der Waals surface area contributed by atoms with E-state index in [-0.39, 0.29) is 11.7 Å². The van der Waals surface area contributed by atoms with Crippen molar-refractivity contribution in [2.24, 2.45) is 0 Å². The molecule has 3 aromatic rings. The molecule has 1 amide bonds. The number of anilines is 1. The van der Waals surface area contributed by atoms with Crippen LogP contribution in [0.25, 0.3) is 11.4 Å². The summed E-state index contributed by atoms with van der Waals surface area (Å²) in [5, 5.41) is 20.8. The third kappa shape index (κ3) is 4.83. The number of hydrogen-bond acceptors (Lipinski definition) is 6. The van der Waals surface area contributed by atoms with Crippen LogP contribution in [0.1, 0.15) is 5.56 Å². The Morgan fingerprint density at radius 1 is 1.28 bits per heavy atom. The van der Waals surface area contributed by atoms with Gasteiger partial charge in [0, 0.05) is 12.2 Å². The van der Waals surface area contributed by atoms with E-state index in [0.717, 1.165) is 5.56 Å². The normalized spacial score (nSPS) is 10.2. The predicted molar refractivity (Wildman–Crippen MR) is 113 cm³/mol. The van der Waals surface area contributed by atoms with Crippen molar-refractivity contribution in [3.8, 4) is 23.2 Å². The Morgan fingerprint density at radius 2 is 2.03 bits per heavy atom. The molecule has 0 saturated carbocycles. The van der Waals surface area contributed by atoms with Gasteiger partial charge in [0.2, 0.25) is 5.91 Å². The van der Waals surface area contributed by atoms with Gasteiger partial charge in [-0.3, -0.25) is 9.36 Å². The molecule has 7 nitrogen and oxygen atoms in total. The molecule has 1 N–H and O–H groups in total. The van der Waals surface area contributed by atoms with Crippen molar-refractivity contribution in [3.05, 3.63) is 66.7 Å². The van der Waals surface area contributed by atoms with Crippen molar-refractivity contribution >= 4 is 23.4 Å². The highest BCUT2D eigenvalue weighted by Gasteiger charge is 2.17. The number of thioether (sulfide) groups is 1. The van der Waals surface area contributed by atoms with E-state index in [4.69, 9.17) is 10.00 Å². The average Bonchev–Trinajstić information content (AvgIpc) is 3.15. The summed E-state index contributed by atoms with van der Waals surface area (Å²) in [6.45, 7) is 4.30. The van der Waals surface area contributed by atoms with Crippen LogP contribution in [-0.2, 0) is 11.3 Å². The van der Waals surface area contributed by atoms with Crippen LogP contribution in [0, 0.1) is 11.3 Å². The molecule has 0 atom stereocenters. The maximum absolute atomic E-state index is 12.3. The maximum Gasteiger partial charge on any atom is 0.234 e. The lowest BCUT2D eigenvalue weighted by atomic mass is 10.2. The topological polar surface area (TPSA) is 92.8 Å². The SMILES string of the molecule is C=CCn1c(SCC(=O)Nc2ccc(C#N)cc2)nnc1-c1ccccc1OC. The van der Waals surface area contributed by atoms with Crippen molar-refractivity contribution in [2.75, 3.05) is 18.2 Å². The zero-order chi connectivity index (χ0) is 20.6. The van der Waals surface area contributed by atoms with E-state index in [0.29, 0.717) is 34.5 Å². The van der Waals surface area contributed by atoms with Gasteiger partial charge in [0.05, 0.1) is 30.1 Å². The quantitative estimate of drug-likeness (QED) is 0.453. The fourth-order valence-electron chi connectivity index (χ4n) is 2.67. The fourth-order valence-corrected chi connectivity index (χ4v) is 3.42. The summed E-state index contributed by atoms with van der Waals surface area (Å²) in [6, 6.07) is 16.3. The molecule has 2 aromatic carbocycles. The van der Waals surface area contributed by atoms with Crippen molar-refractivity contribution in [1.82, 2.24) is 14.8 Å². The molecule has 0 aliphatic rings. The van der Waals surface area contributed by atoms with Gasteiger partial charge in [-0.2, -0.15) is 5.26 Å². The van der Waals surface area contributed by atoms with Gasteiger partial charge < -0.3 is 10.1 Å². The van der Waals surface area contributed by atoms with Crippen LogP contribution < -0.4 is 10.1 Å². The van der Waals surface area contributed by atoms with Crippen molar-refractivity contribution < 1.29 is 9.53 Å². The summed E-state index contributed by atoms with van der Waals surface area (Å²) in [5.74, 6) is 1.34. The number of carbonyl (C=O) groups is 1. The van der Waals surface area contributed by atoms with Crippen LogP contribution in [0.4, 0.5) is 5.69 Å². The van der Waals surface area contributed by atoms with E-state index >= 15 is 0 Å². The number of hydrogen-bond donors (Lipinski definition) is 1. The fraction of sp³-hybridized carbons (Fsp3) is 0.143. The van der Waals surface area contributed by atoms with Crippen LogP contribution in [-0.4, -0.2) is 33.5 Å². The molecule has 3 rings (SSSR count). The number of para-hydroxylation sites is 1. The second-order valence-electron chi connectivity index (χ2n) is 5.93. The zero-order valence-corrected chi connectivity index (χ0v) is 16.6. The van der Waals surface area contributed by atoms with Gasteiger partial charge in [-0.15, -0.1) is 16.8 Å². The third-order valence-corrected chi connectivity index (χ3v) is 4.97. The van der Waals surface area contributed by atoms with E-state index in [1.165, 1.54) is 11.8 Å². The van der Waals surface area contributed by atoms with Gasteiger partial charge in [0.1, 0.15) is 5.75 Å². The number of nitrogens with zero attached hydrogens (tertiary/aromatic N) is 4. The number of carbonyl (C=O) groups excluding carboxylic acids is 1. The highest BCUT2D eigenvalue weighted by molar-refractivity contribution is 7.99. The molecule has 1 aromatic heterocycles. The van der Waals surface area contributed by atoms with Crippen LogP contribution in [0.15, 0.2) is 66.3 Å². The zero-order valence-electron chi connectivity index (χ0n) is 15.8. The highest BCUT2D eigenvalue weighted by Crippen LogP contribution is 2.30. The number of rotatable bonds is 8. The number of methoxy groups -OCH3 is 1. The summed E-state index contributed by atoms with van der Waals surface area (Å²) in [4.78, 5) is 12.3. The smallest absolute Gasteiger partial charge is 0.234 e. The number of aromatic nitrogens is 3. The van der Waals surface area contributed by atoms with Gasteiger partial charge in [0.15, 0.2) is 11.0 Å². The van der Waals surface area contributed by atoms with Gasteiger partial charge >= 0.3 is 0 Å². The first-order valence-electron chi connectivity index (χ1n) is 8.76. The Hall–Kier alpha value is -3.57. The second kappa shape index (κ2) is 9.57. The van der Waals surface area contributed by atoms with E-state index in [1.54, 1.807) is 37.5 Å². The monoisotopic (exact) mass is 405 g/mol. The van der Waals surface area contributed by atoms with E-state index in [2.05, 4.69) is 22.1 Å². The first-order valence-corrected chi connectivity index (χ1v) is 9.75. The van der Waals surface area contributed by atoms with Crippen LogP contribution in [0.2, 0.25) is 0 Å². The molecule has 0 aliphatic heterocycles. The summed E-state index contributed by atoms with van der Waals surface area (Å²) in [7, 11) is 1.61. The van der Waals surface area contributed by atoms with E-state index in [9.17, 15) is 4.79 Å². The lowest BCUT2D eigenvalue weighted by Gasteiger charge is -2.10. The van der Waals surface area contributed by atoms with E-state index < -0.39 is 0 Å². The van der Waals surface area contributed by atoms with Crippen molar-refractivity contribution in [3.63, 3.8) is 0 Å². The molecule has 0 fully saturated rings. The first-order chi connectivity index (χ1) is 14.2. The standard InChI is InChI=1S/C21H19N5O2S/c1-3-12-26-20(17-6-4-5-7-18(17)28-2)24-25-21(26)29-14-19(27)23-16-10-8-15(13-22)9-11-16/h3-11H,1,12,14H2,2H3,(H,23,27). The largest absolute Gasteiger partial charge is 0.496 e. The molecule has 0 bridgehead atoms. The number of benzene rings is 2. The lowest BCUT2D eigenvalue weighted by molar-refractivity contribution is -0.113. The molecule has 0 saturated heterocycles. The minimum Gasteiger partial charge on any atom is -0.496 e. The van der Waals surface area contributed by atoms with Gasteiger partial charge in [-0.25, -0.2) is 0 Å². The number of amides is 1. The molecular formula is C21H19N5O2S. The molecule has 0 unspecified atom stereocenters. The molecular weight excluding hydrogens is 386 g/mol. The van der Waals surface area contributed by atoms with Crippen LogP contribution >= 0.6 is 11.8 Å². The van der Waals surface area contributed by atoms with Crippen LogP contribution in [0.3, 0.4) is 0 Å². The van der Waals surface area contributed by atoms with Gasteiger partial charge in [-0.1, -0.05) is 30.0 Å². The Balaban J connectivity index is 1.73. The molecule has 0 radical (unpaired) electrons.